The lowest BCUT2D eigenvalue weighted by atomic mass is 9.95. The van der Waals surface area contributed by atoms with E-state index in [9.17, 15) is 4.79 Å². The molecule has 1 amide bonds. The Morgan fingerprint density at radius 2 is 2.24 bits per heavy atom. The van der Waals surface area contributed by atoms with Crippen molar-refractivity contribution in [3.05, 3.63) is 28.5 Å². The quantitative estimate of drug-likeness (QED) is 0.813. The van der Waals surface area contributed by atoms with E-state index >= 15 is 0 Å². The van der Waals surface area contributed by atoms with Crippen LogP contribution in [0.5, 0.6) is 0 Å². The smallest absolute Gasteiger partial charge is 0.270 e. The summed E-state index contributed by atoms with van der Waals surface area (Å²) in [7, 11) is 0. The van der Waals surface area contributed by atoms with E-state index in [1.165, 1.54) is 0 Å². The molecule has 0 saturated carbocycles. The van der Waals surface area contributed by atoms with Crippen LogP contribution in [0.2, 0.25) is 0 Å². The van der Waals surface area contributed by atoms with Crippen LogP contribution in [0.3, 0.4) is 0 Å². The summed E-state index contributed by atoms with van der Waals surface area (Å²) in [5.74, 6) is -0.122. The number of nitrogens with one attached hydrogen (secondary N) is 1. The molecule has 0 aliphatic heterocycles. The minimum absolute atomic E-state index is 0.122. The van der Waals surface area contributed by atoms with Gasteiger partial charge in [0.2, 0.25) is 0 Å². The van der Waals surface area contributed by atoms with Crippen LogP contribution in [-0.2, 0) is 0 Å². The molecule has 0 bridgehead atoms. The molecule has 1 N–H and O–H groups in total. The van der Waals surface area contributed by atoms with Crippen LogP contribution in [0, 0.1) is 0 Å². The molecule has 1 aromatic heterocycles. The molecular weight excluding hydrogens is 348 g/mol. The molecule has 1 heterocycles. The Morgan fingerprint density at radius 1 is 1.53 bits per heavy atom. The van der Waals surface area contributed by atoms with Crippen LogP contribution in [-0.4, -0.2) is 21.8 Å². The first-order valence-electron chi connectivity index (χ1n) is 5.51. The Hall–Kier alpha value is -0.420. The molecule has 1 rings (SSSR count). The van der Waals surface area contributed by atoms with Gasteiger partial charge in [-0.1, -0.05) is 22.9 Å². The first kappa shape index (κ1) is 14.6. The average molecular weight is 364 g/mol. The Labute approximate surface area is 119 Å². The molecule has 0 fully saturated rings. The van der Waals surface area contributed by atoms with E-state index in [1.807, 2.05) is 13.0 Å². The van der Waals surface area contributed by atoms with Gasteiger partial charge in [-0.15, -0.1) is 0 Å². The van der Waals surface area contributed by atoms with Gasteiger partial charge in [-0.3, -0.25) is 4.79 Å². The minimum atomic E-state index is -0.185. The number of pyridine rings is 1. The second kappa shape index (κ2) is 6.50. The van der Waals surface area contributed by atoms with E-state index in [-0.39, 0.29) is 11.4 Å². The maximum absolute atomic E-state index is 12.0. The Bertz CT molecular complexity index is 381. The molecule has 0 aromatic carbocycles. The molecule has 5 heteroatoms. The summed E-state index contributed by atoms with van der Waals surface area (Å²) in [5, 5.41) is 3.90. The van der Waals surface area contributed by atoms with Crippen molar-refractivity contribution >= 4 is 37.8 Å². The van der Waals surface area contributed by atoms with Gasteiger partial charge in [-0.05, 0) is 47.8 Å². The maximum atomic E-state index is 12.0. The zero-order valence-electron chi connectivity index (χ0n) is 9.96. The zero-order valence-corrected chi connectivity index (χ0v) is 13.1. The van der Waals surface area contributed by atoms with Gasteiger partial charge in [0.25, 0.3) is 5.91 Å². The summed E-state index contributed by atoms with van der Waals surface area (Å²) in [4.78, 5) is 16.1. The van der Waals surface area contributed by atoms with E-state index in [2.05, 4.69) is 49.1 Å². The van der Waals surface area contributed by atoms with Crippen LogP contribution in [0.4, 0.5) is 0 Å². The van der Waals surface area contributed by atoms with Gasteiger partial charge in [-0.25, -0.2) is 4.98 Å². The van der Waals surface area contributed by atoms with Crippen LogP contribution in [0.15, 0.2) is 22.8 Å². The molecular formula is C12H16Br2N2O. The van der Waals surface area contributed by atoms with E-state index in [1.54, 1.807) is 12.3 Å². The summed E-state index contributed by atoms with van der Waals surface area (Å²) >= 11 is 6.70. The van der Waals surface area contributed by atoms with Gasteiger partial charge in [0.05, 0.1) is 0 Å². The molecule has 0 aliphatic rings. The summed E-state index contributed by atoms with van der Waals surface area (Å²) in [5.41, 5.74) is 0.262. The van der Waals surface area contributed by atoms with Crippen molar-refractivity contribution in [2.24, 2.45) is 0 Å². The van der Waals surface area contributed by atoms with Crippen molar-refractivity contribution in [2.45, 2.75) is 32.2 Å². The van der Waals surface area contributed by atoms with E-state index in [0.717, 1.165) is 22.6 Å². The topological polar surface area (TPSA) is 42.0 Å². The SMILES string of the molecule is CCC(C)(CCBr)NC(=O)c1ccc(Br)cn1. The zero-order chi connectivity index (χ0) is 12.9. The number of rotatable bonds is 5. The normalized spacial score (nSPS) is 14.1. The lowest BCUT2D eigenvalue weighted by Crippen LogP contribution is -2.46. The Kier molecular flexibility index (Phi) is 5.59. The van der Waals surface area contributed by atoms with E-state index in [0.29, 0.717) is 5.69 Å². The lowest BCUT2D eigenvalue weighted by Gasteiger charge is -2.28. The number of nitrogens with zero attached hydrogens (tertiary/aromatic N) is 1. The number of alkyl halides is 1. The molecule has 0 radical (unpaired) electrons. The predicted octanol–water partition coefficient (Wildman–Crippen LogP) is 3.53. The van der Waals surface area contributed by atoms with Crippen molar-refractivity contribution < 1.29 is 4.79 Å². The monoisotopic (exact) mass is 362 g/mol. The fraction of sp³-hybridized carbons (Fsp3) is 0.500. The lowest BCUT2D eigenvalue weighted by molar-refractivity contribution is 0.0896. The van der Waals surface area contributed by atoms with Gasteiger partial charge < -0.3 is 5.32 Å². The number of hydrogen-bond donors (Lipinski definition) is 1. The average Bonchev–Trinajstić information content (AvgIpc) is 2.30. The van der Waals surface area contributed by atoms with Gasteiger partial charge in [0.15, 0.2) is 0 Å². The molecule has 0 saturated heterocycles. The highest BCUT2D eigenvalue weighted by molar-refractivity contribution is 9.10. The van der Waals surface area contributed by atoms with Gasteiger partial charge in [0, 0.05) is 21.5 Å². The number of carbonyl (C=O) groups excluding carboxylic acids is 1. The Balaban J connectivity index is 2.74. The second-order valence-corrected chi connectivity index (χ2v) is 5.88. The summed E-state index contributed by atoms with van der Waals surface area (Å²) < 4.78 is 0.868. The van der Waals surface area contributed by atoms with Crippen molar-refractivity contribution in [1.82, 2.24) is 10.3 Å². The molecule has 17 heavy (non-hydrogen) atoms. The first-order valence-corrected chi connectivity index (χ1v) is 7.42. The molecule has 0 spiro atoms. The third-order valence-corrected chi connectivity index (χ3v) is 3.67. The third kappa shape index (κ3) is 4.39. The number of hydrogen-bond acceptors (Lipinski definition) is 2. The third-order valence-electron chi connectivity index (χ3n) is 2.80. The molecule has 94 valence electrons. The number of amides is 1. The van der Waals surface area contributed by atoms with E-state index < -0.39 is 0 Å². The Morgan fingerprint density at radius 3 is 2.71 bits per heavy atom. The van der Waals surface area contributed by atoms with Crippen LogP contribution >= 0.6 is 31.9 Å². The summed E-state index contributed by atoms with van der Waals surface area (Å²) in [6.07, 6.45) is 3.41. The molecule has 0 aliphatic carbocycles. The minimum Gasteiger partial charge on any atom is -0.346 e. The van der Waals surface area contributed by atoms with Gasteiger partial charge >= 0.3 is 0 Å². The fourth-order valence-corrected chi connectivity index (χ4v) is 2.49. The van der Waals surface area contributed by atoms with Crippen LogP contribution in [0.1, 0.15) is 37.2 Å². The van der Waals surface area contributed by atoms with Gasteiger partial charge in [-0.2, -0.15) is 0 Å². The van der Waals surface area contributed by atoms with E-state index in [4.69, 9.17) is 0 Å². The molecule has 1 aromatic rings. The number of aromatic nitrogens is 1. The highest BCUT2D eigenvalue weighted by Gasteiger charge is 2.24. The van der Waals surface area contributed by atoms with Crippen molar-refractivity contribution in [3.63, 3.8) is 0 Å². The standard InChI is InChI=1S/C12H16Br2N2O/c1-3-12(2,6-7-13)16-11(17)10-5-4-9(14)8-15-10/h4-5,8H,3,6-7H2,1-2H3,(H,16,17). The second-order valence-electron chi connectivity index (χ2n) is 4.17. The maximum Gasteiger partial charge on any atom is 0.270 e. The number of halogens is 2. The van der Waals surface area contributed by atoms with Crippen molar-refractivity contribution in [3.8, 4) is 0 Å². The molecule has 3 nitrogen and oxygen atoms in total. The van der Waals surface area contributed by atoms with Crippen LogP contribution < -0.4 is 5.32 Å². The summed E-state index contributed by atoms with van der Waals surface area (Å²) in [6.45, 7) is 4.11. The van der Waals surface area contributed by atoms with Crippen LogP contribution in [0.25, 0.3) is 0 Å². The van der Waals surface area contributed by atoms with Gasteiger partial charge in [0.1, 0.15) is 5.69 Å². The largest absolute Gasteiger partial charge is 0.346 e. The molecule has 1 atom stereocenters. The number of carbonyl (C=O) groups is 1. The highest BCUT2D eigenvalue weighted by atomic mass is 79.9. The molecule has 1 unspecified atom stereocenters. The summed E-state index contributed by atoms with van der Waals surface area (Å²) in [6, 6.07) is 3.53. The highest BCUT2D eigenvalue weighted by Crippen LogP contribution is 2.16. The predicted molar refractivity (Wildman–Crippen MR) is 76.5 cm³/mol. The van der Waals surface area contributed by atoms with Crippen molar-refractivity contribution in [1.29, 1.82) is 0 Å². The first-order chi connectivity index (χ1) is 8.00. The fourth-order valence-electron chi connectivity index (χ4n) is 1.38. The van der Waals surface area contributed by atoms with Crippen molar-refractivity contribution in [2.75, 3.05) is 5.33 Å².